The lowest BCUT2D eigenvalue weighted by Gasteiger charge is -2.27. The molecule has 0 aliphatic carbocycles. The first-order chi connectivity index (χ1) is 10.5. The Morgan fingerprint density at radius 2 is 1.82 bits per heavy atom. The number of hydrogen-bond acceptors (Lipinski definition) is 2. The number of likely N-dealkylation sites (tertiary alicyclic amines) is 1. The van der Waals surface area contributed by atoms with E-state index < -0.39 is 5.60 Å². The maximum atomic E-state index is 10.9. The van der Waals surface area contributed by atoms with Crippen LogP contribution in [0.15, 0.2) is 33.7 Å². The predicted octanol–water partition coefficient (Wildman–Crippen LogP) is 3.24. The van der Waals surface area contributed by atoms with Crippen LogP contribution in [-0.2, 0) is 5.60 Å². The van der Waals surface area contributed by atoms with E-state index in [2.05, 4.69) is 25.8 Å². The minimum Gasteiger partial charge on any atom is -0.383 e. The average Bonchev–Trinajstić information content (AvgIpc) is 2.82. The van der Waals surface area contributed by atoms with Gasteiger partial charge < -0.3 is 15.7 Å². The Labute approximate surface area is 141 Å². The van der Waals surface area contributed by atoms with Crippen molar-refractivity contribution >= 4 is 21.9 Å². The fraction of sp³-hybridized carbons (Fsp3) is 0.588. The topological polar surface area (TPSA) is 61.9 Å². The van der Waals surface area contributed by atoms with Crippen LogP contribution in [0.2, 0.25) is 0 Å². The summed E-state index contributed by atoms with van der Waals surface area (Å²) in [6.45, 7) is 4.21. The van der Waals surface area contributed by atoms with Crippen molar-refractivity contribution in [2.45, 2.75) is 44.6 Å². The third kappa shape index (κ3) is 4.46. The largest absolute Gasteiger partial charge is 0.383 e. The summed E-state index contributed by atoms with van der Waals surface area (Å²) in [7, 11) is 0. The van der Waals surface area contributed by atoms with E-state index in [1.807, 2.05) is 31.2 Å². The quantitative estimate of drug-likeness (QED) is 0.634. The van der Waals surface area contributed by atoms with Crippen LogP contribution in [0, 0.1) is 0 Å². The van der Waals surface area contributed by atoms with E-state index in [1.165, 1.54) is 25.7 Å². The monoisotopic (exact) mass is 367 g/mol. The number of halogens is 1. The molecule has 4 nitrogen and oxygen atoms in total. The molecular weight excluding hydrogens is 342 g/mol. The van der Waals surface area contributed by atoms with Crippen LogP contribution in [-0.4, -0.2) is 35.6 Å². The number of nitrogens with two attached hydrogens (primary N) is 1. The van der Waals surface area contributed by atoms with Crippen molar-refractivity contribution in [3.8, 4) is 0 Å². The molecule has 1 aliphatic rings. The molecule has 0 radical (unpaired) electrons. The van der Waals surface area contributed by atoms with Gasteiger partial charge in [0.2, 0.25) is 0 Å². The van der Waals surface area contributed by atoms with Crippen LogP contribution in [0.1, 0.15) is 44.6 Å². The van der Waals surface area contributed by atoms with Crippen molar-refractivity contribution in [2.24, 2.45) is 10.7 Å². The zero-order valence-corrected chi connectivity index (χ0v) is 14.8. The SMILES string of the molecule is CCC(O)(CN=C(N)N1CCCCCC1)c1ccc(Br)cc1. The van der Waals surface area contributed by atoms with E-state index in [-0.39, 0.29) is 0 Å². The molecule has 1 aliphatic heterocycles. The zero-order chi connectivity index (χ0) is 16.0. The van der Waals surface area contributed by atoms with E-state index in [0.29, 0.717) is 18.9 Å². The summed E-state index contributed by atoms with van der Waals surface area (Å²) in [6.07, 6.45) is 5.47. The fourth-order valence-corrected chi connectivity index (χ4v) is 3.04. The van der Waals surface area contributed by atoms with Crippen LogP contribution >= 0.6 is 15.9 Å². The van der Waals surface area contributed by atoms with Gasteiger partial charge in [-0.05, 0) is 37.0 Å². The van der Waals surface area contributed by atoms with Crippen molar-refractivity contribution in [3.05, 3.63) is 34.3 Å². The number of benzene rings is 1. The second-order valence-corrected chi connectivity index (χ2v) is 6.88. The van der Waals surface area contributed by atoms with E-state index in [4.69, 9.17) is 5.73 Å². The molecule has 1 unspecified atom stereocenters. The molecule has 0 saturated carbocycles. The summed E-state index contributed by atoms with van der Waals surface area (Å²) in [5, 5.41) is 10.9. The van der Waals surface area contributed by atoms with Crippen LogP contribution in [0.25, 0.3) is 0 Å². The van der Waals surface area contributed by atoms with Gasteiger partial charge in [-0.1, -0.05) is 47.8 Å². The van der Waals surface area contributed by atoms with Crippen molar-refractivity contribution < 1.29 is 5.11 Å². The molecule has 0 spiro atoms. The summed E-state index contributed by atoms with van der Waals surface area (Å²) < 4.78 is 1.00. The lowest BCUT2D eigenvalue weighted by Crippen LogP contribution is -2.39. The molecule has 3 N–H and O–H groups in total. The Balaban J connectivity index is 2.08. The first-order valence-corrected chi connectivity index (χ1v) is 8.88. The molecule has 1 aromatic rings. The van der Waals surface area contributed by atoms with Crippen molar-refractivity contribution in [1.82, 2.24) is 4.90 Å². The number of hydrogen-bond donors (Lipinski definition) is 2. The van der Waals surface area contributed by atoms with Gasteiger partial charge in [0.05, 0.1) is 6.54 Å². The highest BCUT2D eigenvalue weighted by Crippen LogP contribution is 2.26. The van der Waals surface area contributed by atoms with Crippen LogP contribution in [0.5, 0.6) is 0 Å². The van der Waals surface area contributed by atoms with Crippen molar-refractivity contribution in [1.29, 1.82) is 0 Å². The third-order valence-electron chi connectivity index (χ3n) is 4.40. The first-order valence-electron chi connectivity index (χ1n) is 8.08. The smallest absolute Gasteiger partial charge is 0.191 e. The molecule has 0 bridgehead atoms. The highest BCUT2D eigenvalue weighted by molar-refractivity contribution is 9.10. The van der Waals surface area contributed by atoms with E-state index in [0.717, 1.165) is 23.1 Å². The van der Waals surface area contributed by atoms with Crippen LogP contribution in [0.4, 0.5) is 0 Å². The van der Waals surface area contributed by atoms with E-state index in [1.54, 1.807) is 0 Å². The van der Waals surface area contributed by atoms with Crippen LogP contribution in [0.3, 0.4) is 0 Å². The zero-order valence-electron chi connectivity index (χ0n) is 13.3. The molecule has 2 rings (SSSR count). The molecule has 0 aromatic heterocycles. The Bertz CT molecular complexity index is 495. The van der Waals surface area contributed by atoms with Gasteiger partial charge in [-0.2, -0.15) is 0 Å². The maximum Gasteiger partial charge on any atom is 0.191 e. The Morgan fingerprint density at radius 3 is 2.36 bits per heavy atom. The lowest BCUT2D eigenvalue weighted by atomic mass is 9.91. The van der Waals surface area contributed by atoms with E-state index in [9.17, 15) is 5.11 Å². The summed E-state index contributed by atoms with van der Waals surface area (Å²) >= 11 is 3.42. The normalized spacial score (nSPS) is 19.6. The molecule has 1 fully saturated rings. The number of guanidine groups is 1. The maximum absolute atomic E-state index is 10.9. The van der Waals surface area contributed by atoms with Gasteiger partial charge in [-0.25, -0.2) is 4.99 Å². The van der Waals surface area contributed by atoms with Gasteiger partial charge in [0, 0.05) is 17.6 Å². The highest BCUT2D eigenvalue weighted by atomic mass is 79.9. The average molecular weight is 368 g/mol. The second-order valence-electron chi connectivity index (χ2n) is 5.97. The molecule has 1 heterocycles. The lowest BCUT2D eigenvalue weighted by molar-refractivity contribution is 0.0421. The van der Waals surface area contributed by atoms with Gasteiger partial charge in [0.25, 0.3) is 0 Å². The highest BCUT2D eigenvalue weighted by Gasteiger charge is 2.27. The Hall–Kier alpha value is -1.07. The predicted molar refractivity (Wildman–Crippen MR) is 94.9 cm³/mol. The van der Waals surface area contributed by atoms with Gasteiger partial charge >= 0.3 is 0 Å². The molecule has 0 amide bonds. The number of aliphatic imine (C=N–C) groups is 1. The number of rotatable bonds is 4. The van der Waals surface area contributed by atoms with Gasteiger partial charge in [0.1, 0.15) is 5.60 Å². The van der Waals surface area contributed by atoms with Crippen LogP contribution < -0.4 is 5.73 Å². The number of nitrogens with zero attached hydrogens (tertiary/aromatic N) is 2. The first kappa shape index (κ1) is 17.3. The Morgan fingerprint density at radius 1 is 1.23 bits per heavy atom. The number of aliphatic hydroxyl groups is 1. The molecule has 22 heavy (non-hydrogen) atoms. The second kappa shape index (κ2) is 7.97. The van der Waals surface area contributed by atoms with Gasteiger partial charge in [-0.15, -0.1) is 0 Å². The molecule has 5 heteroatoms. The standard InChI is InChI=1S/C17H26BrN3O/c1-2-17(22,14-7-9-15(18)10-8-14)13-20-16(19)21-11-5-3-4-6-12-21/h7-10,22H,2-6,11-13H2,1H3,(H2,19,20). The summed E-state index contributed by atoms with van der Waals surface area (Å²) in [4.78, 5) is 6.63. The fourth-order valence-electron chi connectivity index (χ4n) is 2.78. The van der Waals surface area contributed by atoms with Crippen molar-refractivity contribution in [2.75, 3.05) is 19.6 Å². The molecule has 122 valence electrons. The molecule has 1 saturated heterocycles. The molecular formula is C17H26BrN3O. The minimum atomic E-state index is -0.961. The summed E-state index contributed by atoms with van der Waals surface area (Å²) in [5.74, 6) is 0.561. The summed E-state index contributed by atoms with van der Waals surface area (Å²) in [5.41, 5.74) is 6.06. The van der Waals surface area contributed by atoms with E-state index >= 15 is 0 Å². The molecule has 1 atom stereocenters. The van der Waals surface area contributed by atoms with Crippen molar-refractivity contribution in [3.63, 3.8) is 0 Å². The van der Waals surface area contributed by atoms with Gasteiger partial charge in [-0.3, -0.25) is 0 Å². The molecule has 1 aromatic carbocycles. The van der Waals surface area contributed by atoms with Gasteiger partial charge in [0.15, 0.2) is 5.96 Å². The minimum absolute atomic E-state index is 0.299. The Kier molecular flexibility index (Phi) is 6.26. The summed E-state index contributed by atoms with van der Waals surface area (Å²) in [6, 6.07) is 7.76. The third-order valence-corrected chi connectivity index (χ3v) is 4.93.